The Balaban J connectivity index is 2.32. The molecular formula is C17H19BrCl2N2OSi. The molecular weight excluding hydrogens is 427 g/mol. The minimum atomic E-state index is -1.14. The van der Waals surface area contributed by atoms with Crippen molar-refractivity contribution in [3.63, 3.8) is 0 Å². The molecule has 24 heavy (non-hydrogen) atoms. The van der Waals surface area contributed by atoms with Crippen LogP contribution in [-0.4, -0.2) is 19.2 Å². The third-order valence-electron chi connectivity index (χ3n) is 3.57. The quantitative estimate of drug-likeness (QED) is 0.380. The lowest BCUT2D eigenvalue weighted by molar-refractivity contribution is 0.0871. The molecule has 2 rings (SSSR count). The lowest BCUT2D eigenvalue weighted by Crippen LogP contribution is -2.22. The van der Waals surface area contributed by atoms with Gasteiger partial charge in [0.05, 0.1) is 20.9 Å². The molecule has 0 saturated heterocycles. The molecule has 0 aliphatic rings. The summed E-state index contributed by atoms with van der Waals surface area (Å²) in [7, 11) is -1.14. The van der Waals surface area contributed by atoms with Crippen LogP contribution >= 0.6 is 39.1 Å². The first-order valence-electron chi connectivity index (χ1n) is 7.55. The maximum atomic E-state index is 9.45. The van der Waals surface area contributed by atoms with E-state index in [9.17, 15) is 5.26 Å². The van der Waals surface area contributed by atoms with E-state index >= 15 is 0 Å². The summed E-state index contributed by atoms with van der Waals surface area (Å²) in [6, 6.07) is 10.4. The van der Waals surface area contributed by atoms with E-state index in [-0.39, 0.29) is 0 Å². The number of nitriles is 1. The Hall–Kier alpha value is -0.773. The fraction of sp³-hybridized carbons (Fsp3) is 0.353. The van der Waals surface area contributed by atoms with Crippen LogP contribution in [0.5, 0.6) is 0 Å². The Bertz CT molecular complexity index is 778. The largest absolute Gasteiger partial charge is 0.361 e. The Morgan fingerprint density at radius 2 is 1.96 bits per heavy atom. The summed E-state index contributed by atoms with van der Waals surface area (Å²) in [5.74, 6) is 0. The topological polar surface area (TPSA) is 38.0 Å². The number of hydrogen-bond donors (Lipinski definition) is 0. The molecule has 0 bridgehead atoms. The van der Waals surface area contributed by atoms with Gasteiger partial charge in [-0.2, -0.15) is 5.26 Å². The van der Waals surface area contributed by atoms with Gasteiger partial charge >= 0.3 is 0 Å². The van der Waals surface area contributed by atoms with Gasteiger partial charge in [0.25, 0.3) is 0 Å². The highest BCUT2D eigenvalue weighted by Crippen LogP contribution is 2.36. The Labute approximate surface area is 162 Å². The van der Waals surface area contributed by atoms with Crippen molar-refractivity contribution in [2.45, 2.75) is 32.4 Å². The van der Waals surface area contributed by atoms with Crippen LogP contribution in [0, 0.1) is 11.3 Å². The molecule has 0 saturated carbocycles. The normalized spacial score (nSPS) is 11.5. The molecule has 128 valence electrons. The van der Waals surface area contributed by atoms with Crippen LogP contribution in [0.25, 0.3) is 11.3 Å². The first-order chi connectivity index (χ1) is 11.2. The van der Waals surface area contributed by atoms with Crippen molar-refractivity contribution >= 4 is 47.2 Å². The number of rotatable bonds is 6. The van der Waals surface area contributed by atoms with E-state index in [0.29, 0.717) is 28.9 Å². The number of halogens is 3. The van der Waals surface area contributed by atoms with Crippen molar-refractivity contribution in [2.75, 3.05) is 6.61 Å². The minimum Gasteiger partial charge on any atom is -0.361 e. The van der Waals surface area contributed by atoms with Gasteiger partial charge in [-0.1, -0.05) is 42.8 Å². The number of hydrogen-bond acceptors (Lipinski definition) is 2. The fourth-order valence-electron chi connectivity index (χ4n) is 2.24. The van der Waals surface area contributed by atoms with E-state index in [1.807, 2.05) is 10.6 Å². The van der Waals surface area contributed by atoms with E-state index in [1.54, 1.807) is 18.2 Å². The van der Waals surface area contributed by atoms with Gasteiger partial charge in [-0.25, -0.2) is 0 Å². The summed E-state index contributed by atoms with van der Waals surface area (Å²) >= 11 is 15.8. The minimum absolute atomic E-state index is 0.362. The smallest absolute Gasteiger partial charge is 0.123 e. The van der Waals surface area contributed by atoms with Crippen LogP contribution in [0.2, 0.25) is 35.7 Å². The van der Waals surface area contributed by atoms with Crippen LogP contribution < -0.4 is 0 Å². The van der Waals surface area contributed by atoms with Gasteiger partial charge in [0.15, 0.2) is 0 Å². The van der Waals surface area contributed by atoms with Crippen molar-refractivity contribution in [2.24, 2.45) is 0 Å². The second-order valence-corrected chi connectivity index (χ2v) is 14.0. The number of benzene rings is 1. The molecule has 0 atom stereocenters. The number of aromatic nitrogens is 1. The van der Waals surface area contributed by atoms with Crippen molar-refractivity contribution < 1.29 is 4.74 Å². The molecule has 3 nitrogen and oxygen atoms in total. The Morgan fingerprint density at radius 3 is 2.54 bits per heavy atom. The molecule has 0 aliphatic heterocycles. The van der Waals surface area contributed by atoms with E-state index in [1.165, 1.54) is 0 Å². The van der Waals surface area contributed by atoms with Gasteiger partial charge in [-0.05, 0) is 46.2 Å². The maximum Gasteiger partial charge on any atom is 0.123 e. The number of ether oxygens (including phenoxy) is 1. The van der Waals surface area contributed by atoms with Crippen molar-refractivity contribution in [3.05, 3.63) is 44.5 Å². The van der Waals surface area contributed by atoms with E-state index in [0.717, 1.165) is 21.9 Å². The molecule has 0 aliphatic carbocycles. The summed E-state index contributed by atoms with van der Waals surface area (Å²) in [6.07, 6.45) is 0. The monoisotopic (exact) mass is 444 g/mol. The average Bonchev–Trinajstić information content (AvgIpc) is 2.79. The summed E-state index contributed by atoms with van der Waals surface area (Å²) in [6.45, 7) is 8.01. The maximum absolute atomic E-state index is 9.45. The molecule has 1 aromatic carbocycles. The van der Waals surface area contributed by atoms with Crippen LogP contribution in [0.15, 0.2) is 28.9 Å². The van der Waals surface area contributed by atoms with Crippen LogP contribution in [-0.2, 0) is 11.5 Å². The molecule has 0 fully saturated rings. The summed E-state index contributed by atoms with van der Waals surface area (Å²) in [5, 5.41) is 10.5. The molecule has 7 heteroatoms. The Kier molecular flexibility index (Phi) is 6.57. The van der Waals surface area contributed by atoms with Gasteiger partial charge in [0, 0.05) is 25.3 Å². The lowest BCUT2D eigenvalue weighted by atomic mass is 10.1. The van der Waals surface area contributed by atoms with E-state index in [2.05, 4.69) is 41.6 Å². The van der Waals surface area contributed by atoms with Crippen molar-refractivity contribution in [1.29, 1.82) is 5.26 Å². The molecule has 1 heterocycles. The molecule has 0 unspecified atom stereocenters. The molecule has 0 N–H and O–H groups in total. The standard InChI is InChI=1S/C17H19BrCl2N2OSi/c1-24(2,3)7-6-23-11-22-16(18)8-12(10-21)17(22)14-5-4-13(19)9-15(14)20/h4-5,8-9H,6-7,11H2,1-3H3. The summed E-state index contributed by atoms with van der Waals surface area (Å²) in [5.41, 5.74) is 2.04. The zero-order chi connectivity index (χ0) is 17.9. The molecule has 0 amide bonds. The highest BCUT2D eigenvalue weighted by molar-refractivity contribution is 9.10. The van der Waals surface area contributed by atoms with Crippen LogP contribution in [0.4, 0.5) is 0 Å². The van der Waals surface area contributed by atoms with E-state index < -0.39 is 8.07 Å². The molecule has 2 aromatic rings. The highest BCUT2D eigenvalue weighted by atomic mass is 79.9. The zero-order valence-electron chi connectivity index (χ0n) is 13.9. The third-order valence-corrected chi connectivity index (χ3v) is 6.48. The van der Waals surface area contributed by atoms with Gasteiger partial charge in [-0.15, -0.1) is 0 Å². The van der Waals surface area contributed by atoms with Gasteiger partial charge < -0.3 is 9.30 Å². The molecule has 0 radical (unpaired) electrons. The second kappa shape index (κ2) is 8.07. The summed E-state index contributed by atoms with van der Waals surface area (Å²) in [4.78, 5) is 0. The van der Waals surface area contributed by atoms with Gasteiger partial charge in [0.1, 0.15) is 12.8 Å². The van der Waals surface area contributed by atoms with Gasteiger partial charge in [0.2, 0.25) is 0 Å². The zero-order valence-corrected chi connectivity index (χ0v) is 18.0. The summed E-state index contributed by atoms with van der Waals surface area (Å²) < 4.78 is 8.55. The van der Waals surface area contributed by atoms with Crippen LogP contribution in [0.1, 0.15) is 5.56 Å². The van der Waals surface area contributed by atoms with Gasteiger partial charge in [-0.3, -0.25) is 0 Å². The van der Waals surface area contributed by atoms with E-state index in [4.69, 9.17) is 27.9 Å². The first kappa shape index (κ1) is 19.6. The second-order valence-electron chi connectivity index (χ2n) is 6.74. The van der Waals surface area contributed by atoms with Crippen LogP contribution in [0.3, 0.4) is 0 Å². The highest BCUT2D eigenvalue weighted by Gasteiger charge is 2.19. The predicted octanol–water partition coefficient (Wildman–Crippen LogP) is 6.41. The average molecular weight is 446 g/mol. The SMILES string of the molecule is C[Si](C)(C)CCOCn1c(Br)cc(C#N)c1-c1ccc(Cl)cc1Cl. The molecule has 0 spiro atoms. The third kappa shape index (κ3) is 4.87. The molecule has 1 aromatic heterocycles. The Morgan fingerprint density at radius 1 is 1.25 bits per heavy atom. The fourth-order valence-corrected chi connectivity index (χ4v) is 4.00. The van der Waals surface area contributed by atoms with Crippen molar-refractivity contribution in [1.82, 2.24) is 4.57 Å². The first-order valence-corrected chi connectivity index (χ1v) is 12.8. The predicted molar refractivity (Wildman–Crippen MR) is 106 cm³/mol. The lowest BCUT2D eigenvalue weighted by Gasteiger charge is -2.17. The number of nitrogens with zero attached hydrogens (tertiary/aromatic N) is 2. The van der Waals surface area contributed by atoms with Crippen molar-refractivity contribution in [3.8, 4) is 17.3 Å².